The highest BCUT2D eigenvalue weighted by atomic mass is 19.1. The Morgan fingerprint density at radius 2 is 2.08 bits per heavy atom. The van der Waals surface area contributed by atoms with Crippen LogP contribution >= 0.6 is 0 Å². The van der Waals surface area contributed by atoms with Crippen molar-refractivity contribution in [1.29, 1.82) is 5.26 Å². The zero-order chi connectivity index (χ0) is 25.4. The van der Waals surface area contributed by atoms with Crippen LogP contribution in [0.5, 0.6) is 5.75 Å². The summed E-state index contributed by atoms with van der Waals surface area (Å²) in [7, 11) is 1.43. The van der Waals surface area contributed by atoms with Gasteiger partial charge in [0.2, 0.25) is 11.8 Å². The molecule has 0 saturated carbocycles. The van der Waals surface area contributed by atoms with Crippen molar-refractivity contribution in [3.05, 3.63) is 48.3 Å². The summed E-state index contributed by atoms with van der Waals surface area (Å²) >= 11 is 0. The highest BCUT2D eigenvalue weighted by Crippen LogP contribution is 2.41. The van der Waals surface area contributed by atoms with Gasteiger partial charge in [-0.1, -0.05) is 6.07 Å². The lowest BCUT2D eigenvalue weighted by atomic mass is 9.98. The number of fused-ring (bicyclic) bond motifs is 3. The van der Waals surface area contributed by atoms with Crippen LogP contribution < -0.4 is 15.4 Å². The Morgan fingerprint density at radius 3 is 2.72 bits per heavy atom. The van der Waals surface area contributed by atoms with Gasteiger partial charge in [0.15, 0.2) is 11.6 Å². The van der Waals surface area contributed by atoms with Crippen molar-refractivity contribution in [3.63, 3.8) is 0 Å². The summed E-state index contributed by atoms with van der Waals surface area (Å²) in [6.45, 7) is 5.23. The van der Waals surface area contributed by atoms with Crippen LogP contribution in [0.1, 0.15) is 38.3 Å². The molecule has 1 aromatic carbocycles. The number of nitrogens with zero attached hydrogens (tertiary/aromatic N) is 7. The molecule has 2 fully saturated rings. The summed E-state index contributed by atoms with van der Waals surface area (Å²) in [6.07, 6.45) is 9.07. The Labute approximate surface area is 208 Å². The second-order valence-electron chi connectivity index (χ2n) is 9.16. The Morgan fingerprint density at radius 1 is 1.33 bits per heavy atom. The molecule has 9 nitrogen and oxygen atoms in total. The number of rotatable bonds is 5. The molecule has 4 heterocycles. The van der Waals surface area contributed by atoms with Crippen molar-refractivity contribution < 1.29 is 9.13 Å². The number of methoxy groups -OCH3 is 1. The predicted octanol–water partition coefficient (Wildman–Crippen LogP) is 3.99. The van der Waals surface area contributed by atoms with Crippen molar-refractivity contribution >= 4 is 29.7 Å². The number of hydrogen-bond donors (Lipinski definition) is 1. The first-order valence-electron chi connectivity index (χ1n) is 11.8. The standard InChI is InChI=1S/C26H27FN8O/c1-15(14-32-22(13-28)30-2)24-23(16-4-7-21(36-3)20(27)10-16)25-31-8-9-34(25)26(33-24)35-18-5-6-19(35)12-17(29)11-18/h4,7-10,14,17-19H,2,5-6,11-12,29H2,1,3H3/b15-14+,32-22-. The van der Waals surface area contributed by atoms with Crippen molar-refractivity contribution in [2.45, 2.75) is 50.7 Å². The summed E-state index contributed by atoms with van der Waals surface area (Å²) in [4.78, 5) is 19.9. The van der Waals surface area contributed by atoms with Crippen molar-refractivity contribution in [2.75, 3.05) is 12.0 Å². The molecule has 5 rings (SSSR count). The number of nitrogens with two attached hydrogens (primary N) is 1. The molecule has 3 aromatic rings. The first-order chi connectivity index (χ1) is 17.4. The first-order valence-corrected chi connectivity index (χ1v) is 11.8. The molecule has 2 aliphatic rings. The predicted molar refractivity (Wildman–Crippen MR) is 138 cm³/mol. The first kappa shape index (κ1) is 23.6. The topological polar surface area (TPSA) is 117 Å². The number of imidazole rings is 1. The highest BCUT2D eigenvalue weighted by molar-refractivity contribution is 6.00. The average Bonchev–Trinajstić information content (AvgIpc) is 3.46. The summed E-state index contributed by atoms with van der Waals surface area (Å²) < 4.78 is 21.8. The fourth-order valence-corrected chi connectivity index (χ4v) is 5.39. The van der Waals surface area contributed by atoms with Gasteiger partial charge in [0.25, 0.3) is 0 Å². The average molecular weight is 487 g/mol. The maximum Gasteiger partial charge on any atom is 0.231 e. The summed E-state index contributed by atoms with van der Waals surface area (Å²) in [5.74, 6) is 0.378. The molecule has 0 spiro atoms. The fourth-order valence-electron chi connectivity index (χ4n) is 5.39. The lowest BCUT2D eigenvalue weighted by molar-refractivity contribution is 0.386. The largest absolute Gasteiger partial charge is 0.494 e. The fraction of sp³-hybridized carbons (Fsp3) is 0.346. The normalized spacial score (nSPS) is 22.1. The Balaban J connectivity index is 1.75. The molecular weight excluding hydrogens is 459 g/mol. The van der Waals surface area contributed by atoms with Gasteiger partial charge in [0.05, 0.1) is 18.4 Å². The van der Waals surface area contributed by atoms with Crippen molar-refractivity contribution in [2.24, 2.45) is 15.7 Å². The van der Waals surface area contributed by atoms with Gasteiger partial charge < -0.3 is 15.4 Å². The van der Waals surface area contributed by atoms with E-state index in [4.69, 9.17) is 15.5 Å². The minimum atomic E-state index is -0.486. The van der Waals surface area contributed by atoms with Crippen LogP contribution in [-0.2, 0) is 0 Å². The van der Waals surface area contributed by atoms with Gasteiger partial charge in [0.1, 0.15) is 11.7 Å². The maximum absolute atomic E-state index is 14.8. The summed E-state index contributed by atoms with van der Waals surface area (Å²) in [6, 6.07) is 7.45. The third kappa shape index (κ3) is 4.01. The molecule has 2 unspecified atom stereocenters. The highest BCUT2D eigenvalue weighted by Gasteiger charge is 2.41. The van der Waals surface area contributed by atoms with Crippen LogP contribution in [0, 0.1) is 17.1 Å². The number of ether oxygens (including phenoxy) is 1. The molecule has 2 N–H and O–H groups in total. The van der Waals surface area contributed by atoms with E-state index in [2.05, 4.69) is 26.6 Å². The van der Waals surface area contributed by atoms with Gasteiger partial charge in [-0.2, -0.15) is 5.26 Å². The number of nitriles is 1. The monoisotopic (exact) mass is 486 g/mol. The molecule has 0 amide bonds. The molecule has 36 heavy (non-hydrogen) atoms. The second kappa shape index (κ2) is 9.51. The molecule has 2 bridgehead atoms. The summed E-state index contributed by atoms with van der Waals surface area (Å²) in [5, 5.41) is 9.19. The number of aliphatic imine (C=N–C) groups is 2. The van der Waals surface area contributed by atoms with E-state index in [9.17, 15) is 9.65 Å². The number of halogens is 1. The Kier molecular flexibility index (Phi) is 6.24. The lowest BCUT2D eigenvalue weighted by Gasteiger charge is -2.39. The van der Waals surface area contributed by atoms with Gasteiger partial charge in [-0.3, -0.25) is 4.40 Å². The van der Waals surface area contributed by atoms with Gasteiger partial charge in [-0.25, -0.2) is 24.3 Å². The van der Waals surface area contributed by atoms with Crippen LogP contribution in [0.3, 0.4) is 0 Å². The number of anilines is 1. The molecule has 184 valence electrons. The van der Waals surface area contributed by atoms with Crippen molar-refractivity contribution in [3.8, 4) is 22.9 Å². The van der Waals surface area contributed by atoms with E-state index in [0.29, 0.717) is 40.1 Å². The number of amidine groups is 1. The van der Waals surface area contributed by atoms with Crippen molar-refractivity contribution in [1.82, 2.24) is 14.4 Å². The zero-order valence-electron chi connectivity index (χ0n) is 20.2. The van der Waals surface area contributed by atoms with E-state index >= 15 is 0 Å². The molecule has 2 saturated heterocycles. The van der Waals surface area contributed by atoms with Gasteiger partial charge in [-0.05, 0) is 62.6 Å². The molecule has 2 aromatic heterocycles. The second-order valence-corrected chi connectivity index (χ2v) is 9.16. The molecule has 0 aliphatic carbocycles. The Hall–Kier alpha value is -4.10. The SMILES string of the molecule is C=N/C(C#N)=N\C=C(/C)c1nc(N2C3CCC2CC(N)C3)n2ccnc2c1-c1ccc(OC)c(F)c1. The van der Waals surface area contributed by atoms with Gasteiger partial charge in [-0.15, -0.1) is 0 Å². The number of piperidine rings is 1. The zero-order valence-corrected chi connectivity index (χ0v) is 20.2. The molecule has 2 aliphatic heterocycles. The van der Waals surface area contributed by atoms with Gasteiger partial charge in [0, 0.05) is 36.7 Å². The lowest BCUT2D eigenvalue weighted by Crippen LogP contribution is -2.48. The van der Waals surface area contributed by atoms with Crippen LogP contribution in [-0.4, -0.2) is 52.2 Å². The van der Waals surface area contributed by atoms with E-state index in [1.165, 1.54) is 19.4 Å². The van der Waals surface area contributed by atoms with E-state index in [1.807, 2.05) is 23.6 Å². The minimum Gasteiger partial charge on any atom is -0.494 e. The van der Waals surface area contributed by atoms with E-state index in [0.717, 1.165) is 31.6 Å². The molecular formula is C26H27FN8O. The molecule has 0 radical (unpaired) electrons. The maximum atomic E-state index is 14.8. The van der Waals surface area contributed by atoms with Crippen LogP contribution in [0.25, 0.3) is 22.3 Å². The third-order valence-corrected chi connectivity index (χ3v) is 6.97. The van der Waals surface area contributed by atoms with E-state index in [1.54, 1.807) is 18.3 Å². The Bertz CT molecular complexity index is 1420. The van der Waals surface area contributed by atoms with Gasteiger partial charge >= 0.3 is 0 Å². The smallest absolute Gasteiger partial charge is 0.231 e. The summed E-state index contributed by atoms with van der Waals surface area (Å²) in [5.41, 5.74) is 9.48. The number of allylic oxidation sites excluding steroid dienone is 1. The van der Waals surface area contributed by atoms with Crippen LogP contribution in [0.2, 0.25) is 0 Å². The quantitative estimate of drug-likeness (QED) is 0.431. The van der Waals surface area contributed by atoms with E-state index < -0.39 is 5.82 Å². The van der Waals surface area contributed by atoms with E-state index in [-0.39, 0.29) is 17.6 Å². The number of benzene rings is 1. The van der Waals surface area contributed by atoms with Crippen LogP contribution in [0.4, 0.5) is 10.3 Å². The van der Waals surface area contributed by atoms with Crippen LogP contribution in [0.15, 0.2) is 46.8 Å². The minimum absolute atomic E-state index is 0.0587. The number of aromatic nitrogens is 3. The molecule has 10 heteroatoms. The number of hydrogen-bond acceptors (Lipinski definition) is 7. The molecule has 2 atom stereocenters. The third-order valence-electron chi connectivity index (χ3n) is 6.97.